The van der Waals surface area contributed by atoms with Crippen LogP contribution in [-0.4, -0.2) is 30.9 Å². The topological polar surface area (TPSA) is 45.5 Å². The van der Waals surface area contributed by atoms with Crippen molar-refractivity contribution >= 4 is 5.91 Å². The van der Waals surface area contributed by atoms with E-state index in [1.165, 1.54) is 0 Å². The lowest BCUT2D eigenvalue weighted by atomic mass is 9.91. The molecule has 1 aromatic rings. The van der Waals surface area contributed by atoms with Crippen molar-refractivity contribution < 1.29 is 9.21 Å². The molecule has 1 amide bonds. The number of likely N-dealkylation sites (tertiary alicyclic amines) is 1. The second-order valence-corrected chi connectivity index (χ2v) is 4.78. The average Bonchev–Trinajstić information content (AvgIpc) is 2.82. The van der Waals surface area contributed by atoms with E-state index in [1.54, 1.807) is 13.3 Å². The second-order valence-electron chi connectivity index (χ2n) is 4.78. The highest BCUT2D eigenvalue weighted by Gasteiger charge is 2.32. The van der Waals surface area contributed by atoms with Crippen molar-refractivity contribution in [1.82, 2.24) is 10.2 Å². The fourth-order valence-electron chi connectivity index (χ4n) is 2.44. The average molecular weight is 236 g/mol. The summed E-state index contributed by atoms with van der Waals surface area (Å²) in [6.07, 6.45) is 3.74. The smallest absolute Gasteiger partial charge is 0.237 e. The fraction of sp³-hybridized carbons (Fsp3) is 0.615. The summed E-state index contributed by atoms with van der Waals surface area (Å²) >= 11 is 0. The Morgan fingerprint density at radius 2 is 2.47 bits per heavy atom. The largest absolute Gasteiger partial charge is 0.467 e. The molecule has 1 aromatic heterocycles. The zero-order valence-corrected chi connectivity index (χ0v) is 10.5. The van der Waals surface area contributed by atoms with Crippen molar-refractivity contribution in [3.8, 4) is 0 Å². The molecule has 0 bridgehead atoms. The number of carbonyl (C=O) groups is 1. The molecule has 1 N–H and O–H groups in total. The van der Waals surface area contributed by atoms with Crippen LogP contribution in [0.5, 0.6) is 0 Å². The Kier molecular flexibility index (Phi) is 3.84. The Morgan fingerprint density at radius 3 is 3.12 bits per heavy atom. The van der Waals surface area contributed by atoms with Crippen molar-refractivity contribution in [2.75, 3.05) is 20.1 Å². The van der Waals surface area contributed by atoms with Crippen LogP contribution >= 0.6 is 0 Å². The molecule has 0 radical (unpaired) electrons. The molecule has 4 heteroatoms. The number of furan rings is 1. The second kappa shape index (κ2) is 5.36. The quantitative estimate of drug-likeness (QED) is 0.870. The number of carbonyl (C=O) groups excluding carboxylic acids is 1. The highest BCUT2D eigenvalue weighted by Crippen LogP contribution is 2.34. The number of hydrogen-bond donors (Lipinski definition) is 1. The maximum absolute atomic E-state index is 12.0. The zero-order chi connectivity index (χ0) is 12.3. The van der Waals surface area contributed by atoms with Crippen LogP contribution in [-0.2, 0) is 4.79 Å². The Hall–Kier alpha value is -1.29. The summed E-state index contributed by atoms with van der Waals surface area (Å²) in [6.45, 7) is 3.45. The summed E-state index contributed by atoms with van der Waals surface area (Å²) < 4.78 is 5.47. The summed E-state index contributed by atoms with van der Waals surface area (Å²) in [4.78, 5) is 14.0. The maximum atomic E-state index is 12.0. The Bertz CT molecular complexity index is 362. The van der Waals surface area contributed by atoms with Crippen LogP contribution in [0.1, 0.15) is 31.6 Å². The molecule has 2 heterocycles. The van der Waals surface area contributed by atoms with Crippen molar-refractivity contribution in [2.24, 2.45) is 5.92 Å². The van der Waals surface area contributed by atoms with Crippen LogP contribution in [0.15, 0.2) is 22.8 Å². The molecule has 1 aliphatic heterocycles. The predicted molar refractivity (Wildman–Crippen MR) is 65.5 cm³/mol. The SMILES string of the molecule is CNCC(=O)N1CCC(C)CC1c1ccco1. The molecule has 1 fully saturated rings. The lowest BCUT2D eigenvalue weighted by Crippen LogP contribution is -2.43. The minimum atomic E-state index is 0.106. The Labute approximate surface area is 102 Å². The van der Waals surface area contributed by atoms with Crippen LogP contribution in [0.3, 0.4) is 0 Å². The summed E-state index contributed by atoms with van der Waals surface area (Å²) in [5.74, 6) is 1.70. The van der Waals surface area contributed by atoms with E-state index in [9.17, 15) is 4.79 Å². The van der Waals surface area contributed by atoms with Gasteiger partial charge in [0.1, 0.15) is 5.76 Å². The van der Waals surface area contributed by atoms with Gasteiger partial charge in [0, 0.05) is 6.54 Å². The molecule has 1 aliphatic rings. The van der Waals surface area contributed by atoms with Gasteiger partial charge in [0.25, 0.3) is 0 Å². The Morgan fingerprint density at radius 1 is 1.65 bits per heavy atom. The minimum absolute atomic E-state index is 0.106. The Balaban J connectivity index is 2.14. The number of hydrogen-bond acceptors (Lipinski definition) is 3. The van der Waals surface area contributed by atoms with Gasteiger partial charge in [0.15, 0.2) is 0 Å². The molecule has 0 spiro atoms. The lowest BCUT2D eigenvalue weighted by Gasteiger charge is -2.37. The van der Waals surface area contributed by atoms with E-state index < -0.39 is 0 Å². The molecular weight excluding hydrogens is 216 g/mol. The number of rotatable bonds is 3. The van der Waals surface area contributed by atoms with Crippen LogP contribution in [0.25, 0.3) is 0 Å². The predicted octanol–water partition coefficient (Wildman–Crippen LogP) is 1.80. The molecule has 2 rings (SSSR count). The molecule has 17 heavy (non-hydrogen) atoms. The van der Waals surface area contributed by atoms with Crippen LogP contribution in [0.4, 0.5) is 0 Å². The first kappa shape index (κ1) is 12.2. The summed E-state index contributed by atoms with van der Waals surface area (Å²) in [7, 11) is 1.80. The first-order valence-electron chi connectivity index (χ1n) is 6.20. The summed E-state index contributed by atoms with van der Waals surface area (Å²) in [5, 5.41) is 2.92. The molecular formula is C13H20N2O2. The van der Waals surface area contributed by atoms with E-state index in [-0.39, 0.29) is 11.9 Å². The van der Waals surface area contributed by atoms with Gasteiger partial charge in [-0.3, -0.25) is 4.79 Å². The van der Waals surface area contributed by atoms with E-state index in [4.69, 9.17) is 4.42 Å². The van der Waals surface area contributed by atoms with Crippen molar-refractivity contribution in [3.63, 3.8) is 0 Å². The first-order valence-corrected chi connectivity index (χ1v) is 6.20. The van der Waals surface area contributed by atoms with Gasteiger partial charge in [0.2, 0.25) is 5.91 Å². The first-order chi connectivity index (χ1) is 8.22. The summed E-state index contributed by atoms with van der Waals surface area (Å²) in [5.41, 5.74) is 0. The molecule has 2 atom stereocenters. The molecule has 0 aromatic carbocycles. The maximum Gasteiger partial charge on any atom is 0.237 e. The van der Waals surface area contributed by atoms with E-state index in [0.717, 1.165) is 25.1 Å². The van der Waals surface area contributed by atoms with Crippen molar-refractivity contribution in [3.05, 3.63) is 24.2 Å². The van der Waals surface area contributed by atoms with E-state index in [1.807, 2.05) is 17.0 Å². The molecule has 1 saturated heterocycles. The van der Waals surface area contributed by atoms with Gasteiger partial charge in [-0.05, 0) is 37.9 Å². The molecule has 4 nitrogen and oxygen atoms in total. The molecule has 0 aliphatic carbocycles. The van der Waals surface area contributed by atoms with Gasteiger partial charge in [-0.2, -0.15) is 0 Å². The number of nitrogens with one attached hydrogen (secondary N) is 1. The van der Waals surface area contributed by atoms with Gasteiger partial charge in [0.05, 0.1) is 18.8 Å². The van der Waals surface area contributed by atoms with Crippen LogP contribution in [0, 0.1) is 5.92 Å². The summed E-state index contributed by atoms with van der Waals surface area (Å²) in [6, 6.07) is 3.95. The van der Waals surface area contributed by atoms with E-state index >= 15 is 0 Å². The van der Waals surface area contributed by atoms with Gasteiger partial charge in [-0.25, -0.2) is 0 Å². The lowest BCUT2D eigenvalue weighted by molar-refractivity contribution is -0.135. The fourth-order valence-corrected chi connectivity index (χ4v) is 2.44. The highest BCUT2D eigenvalue weighted by molar-refractivity contribution is 5.78. The minimum Gasteiger partial charge on any atom is -0.467 e. The molecule has 2 unspecified atom stereocenters. The number of amides is 1. The number of likely N-dealkylation sites (N-methyl/N-ethyl adjacent to an activating group) is 1. The van der Waals surface area contributed by atoms with E-state index in [0.29, 0.717) is 12.5 Å². The van der Waals surface area contributed by atoms with Gasteiger partial charge in [-0.1, -0.05) is 6.92 Å². The number of piperidine rings is 1. The van der Waals surface area contributed by atoms with Gasteiger partial charge >= 0.3 is 0 Å². The van der Waals surface area contributed by atoms with Crippen molar-refractivity contribution in [2.45, 2.75) is 25.8 Å². The van der Waals surface area contributed by atoms with Crippen molar-refractivity contribution in [1.29, 1.82) is 0 Å². The van der Waals surface area contributed by atoms with E-state index in [2.05, 4.69) is 12.2 Å². The van der Waals surface area contributed by atoms with Gasteiger partial charge in [-0.15, -0.1) is 0 Å². The monoisotopic (exact) mass is 236 g/mol. The third kappa shape index (κ3) is 2.69. The standard InChI is InChI=1S/C13H20N2O2/c1-10-5-6-15(13(16)9-14-2)11(8-10)12-4-3-7-17-12/h3-4,7,10-11,14H,5-6,8-9H2,1-2H3. The zero-order valence-electron chi connectivity index (χ0n) is 10.5. The van der Waals surface area contributed by atoms with Crippen LogP contribution < -0.4 is 5.32 Å². The molecule has 0 saturated carbocycles. The normalized spacial score (nSPS) is 24.9. The third-order valence-electron chi connectivity index (χ3n) is 3.38. The number of nitrogens with zero attached hydrogens (tertiary/aromatic N) is 1. The van der Waals surface area contributed by atoms with Gasteiger partial charge < -0.3 is 14.6 Å². The highest BCUT2D eigenvalue weighted by atomic mass is 16.3. The van der Waals surface area contributed by atoms with Crippen LogP contribution in [0.2, 0.25) is 0 Å². The molecule has 94 valence electrons. The third-order valence-corrected chi connectivity index (χ3v) is 3.38.